The molecule has 6 nitrogen and oxygen atoms in total. The van der Waals surface area contributed by atoms with Gasteiger partial charge in [-0.2, -0.15) is 0 Å². The number of fused-ring (bicyclic) bond motifs is 1. The summed E-state index contributed by atoms with van der Waals surface area (Å²) in [7, 11) is 0.0853. The third-order valence-corrected chi connectivity index (χ3v) is 15.1. The molecular formula is C35H71N6P. The molecule has 0 aromatic heterocycles. The molecule has 0 radical (unpaired) electrons. The Balaban J connectivity index is 0.00000198. The van der Waals surface area contributed by atoms with E-state index in [1.807, 2.05) is 13.8 Å². The summed E-state index contributed by atoms with van der Waals surface area (Å²) < 4.78 is 0. The van der Waals surface area contributed by atoms with Crippen LogP contribution in [0.15, 0.2) is 0 Å². The topological polar surface area (TPSA) is 54.6 Å². The lowest BCUT2D eigenvalue weighted by Crippen LogP contribution is -2.70. The maximum Gasteiger partial charge on any atom is 0.114 e. The molecule has 5 aliphatic rings. The fourth-order valence-electron chi connectivity index (χ4n) is 10.3. The lowest BCUT2D eigenvalue weighted by Gasteiger charge is -2.46. The average molecular weight is 607 g/mol. The van der Waals surface area contributed by atoms with Crippen molar-refractivity contribution >= 4 is 7.92 Å². The molecule has 1 saturated carbocycles. The molecule has 246 valence electrons. The average Bonchev–Trinajstić information content (AvgIpc) is 3.71. The summed E-state index contributed by atoms with van der Waals surface area (Å²) in [4.78, 5) is 5.91. The largest absolute Gasteiger partial charge is 0.300 e. The predicted octanol–water partition coefficient (Wildman–Crippen LogP) is 6.56. The van der Waals surface area contributed by atoms with Gasteiger partial charge in [0.2, 0.25) is 0 Å². The maximum absolute atomic E-state index is 4.10. The minimum absolute atomic E-state index is 0.0853. The van der Waals surface area contributed by atoms with E-state index in [0.717, 1.165) is 36.8 Å². The smallest absolute Gasteiger partial charge is 0.114 e. The van der Waals surface area contributed by atoms with Crippen molar-refractivity contribution in [2.45, 2.75) is 174 Å². The van der Waals surface area contributed by atoms with E-state index in [2.05, 4.69) is 85.9 Å². The van der Waals surface area contributed by atoms with Crippen LogP contribution in [0.5, 0.6) is 0 Å². The molecule has 4 N–H and O–H groups in total. The molecular weight excluding hydrogens is 535 g/mol. The highest BCUT2D eigenvalue weighted by atomic mass is 31.1. The molecule has 7 heteroatoms. The maximum atomic E-state index is 4.10. The van der Waals surface area contributed by atoms with E-state index in [0.29, 0.717) is 35.2 Å². The second-order valence-corrected chi connectivity index (χ2v) is 17.7. The molecule has 42 heavy (non-hydrogen) atoms. The molecule has 0 spiro atoms. The number of nitrogens with zero attached hydrogens (tertiary/aromatic N) is 2. The summed E-state index contributed by atoms with van der Waals surface area (Å²) in [5.41, 5.74) is 1.70. The molecule has 4 aliphatic heterocycles. The van der Waals surface area contributed by atoms with Gasteiger partial charge in [-0.3, -0.25) is 25.8 Å². The van der Waals surface area contributed by atoms with E-state index in [4.69, 9.17) is 0 Å². The summed E-state index contributed by atoms with van der Waals surface area (Å²) in [6.45, 7) is 27.5. The SMILES string of the molecule is CC.CCC[C@]1(CC)C(C)N(C2CCC(NC3NCC4CC(C(C)P(C)C)N(C5CCCC5)C4N3)NC2)C[C@@]1(C)CC. The molecule has 4 heterocycles. The summed E-state index contributed by atoms with van der Waals surface area (Å²) in [5.74, 6) is 0.733. The van der Waals surface area contributed by atoms with Crippen LogP contribution in [0.1, 0.15) is 126 Å². The third kappa shape index (κ3) is 6.67. The molecule has 10 atom stereocenters. The van der Waals surface area contributed by atoms with Crippen molar-refractivity contribution < 1.29 is 0 Å². The normalized spacial score (nSPS) is 42.5. The van der Waals surface area contributed by atoms with Crippen LogP contribution in [0, 0.1) is 16.7 Å². The van der Waals surface area contributed by atoms with Crippen LogP contribution in [0.4, 0.5) is 0 Å². The van der Waals surface area contributed by atoms with E-state index in [9.17, 15) is 0 Å². The number of piperidine rings is 1. The molecule has 5 rings (SSSR count). The van der Waals surface area contributed by atoms with Gasteiger partial charge in [-0.15, -0.1) is 7.92 Å². The summed E-state index contributed by atoms with van der Waals surface area (Å²) in [5, 5.41) is 15.9. The quantitative estimate of drug-likeness (QED) is 0.211. The second kappa shape index (κ2) is 15.2. The molecule has 0 aromatic carbocycles. The third-order valence-electron chi connectivity index (χ3n) is 13.1. The summed E-state index contributed by atoms with van der Waals surface area (Å²) in [6, 6.07) is 2.87. The van der Waals surface area contributed by atoms with Crippen molar-refractivity contribution in [3.63, 3.8) is 0 Å². The summed E-state index contributed by atoms with van der Waals surface area (Å²) >= 11 is 0. The van der Waals surface area contributed by atoms with Crippen LogP contribution < -0.4 is 21.3 Å². The molecule has 1 aliphatic carbocycles. The number of nitrogens with one attached hydrogen (secondary N) is 4. The zero-order valence-electron chi connectivity index (χ0n) is 29.4. The Bertz CT molecular complexity index is 813. The van der Waals surface area contributed by atoms with Gasteiger partial charge in [0, 0.05) is 49.7 Å². The summed E-state index contributed by atoms with van der Waals surface area (Å²) in [6.07, 6.45) is 15.9. The lowest BCUT2D eigenvalue weighted by atomic mass is 9.59. The Morgan fingerprint density at radius 3 is 2.24 bits per heavy atom. The van der Waals surface area contributed by atoms with Gasteiger partial charge in [0.25, 0.3) is 0 Å². The Morgan fingerprint density at radius 2 is 1.67 bits per heavy atom. The molecule has 0 amide bonds. The van der Waals surface area contributed by atoms with Crippen molar-refractivity contribution in [3.05, 3.63) is 0 Å². The Kier molecular flexibility index (Phi) is 12.7. The number of rotatable bonds is 10. The minimum atomic E-state index is 0.0853. The Morgan fingerprint density at radius 1 is 0.952 bits per heavy atom. The molecule has 4 saturated heterocycles. The van der Waals surface area contributed by atoms with Gasteiger partial charge < -0.3 is 5.32 Å². The van der Waals surface area contributed by atoms with Crippen LogP contribution in [0.25, 0.3) is 0 Å². The van der Waals surface area contributed by atoms with Crippen LogP contribution in [-0.2, 0) is 0 Å². The first-order chi connectivity index (χ1) is 20.2. The molecule has 0 bridgehead atoms. The fraction of sp³-hybridized carbons (Fsp3) is 1.00. The number of hydrogen-bond acceptors (Lipinski definition) is 6. The van der Waals surface area contributed by atoms with Gasteiger partial charge in [0.05, 0.1) is 12.3 Å². The molecule has 5 fully saturated rings. The number of hydrogen-bond donors (Lipinski definition) is 4. The fourth-order valence-corrected chi connectivity index (χ4v) is 11.2. The molecule has 0 aromatic rings. The zero-order valence-corrected chi connectivity index (χ0v) is 30.3. The van der Waals surface area contributed by atoms with Crippen LogP contribution in [-0.4, -0.2) is 91.2 Å². The minimum Gasteiger partial charge on any atom is -0.300 e. The standard InChI is InChI=1S/C33H65N6P.C2H6/c1-9-18-33(11-3)24(5)38(22-32(33,6)10-2)27-16-17-29(34-21-27)36-31-35-20-25-19-28(23(4)40(7)8)39(30(25)37-31)26-14-12-13-15-26;1-2/h23-31,34-37H,9-22H2,1-8H3;1-2H3/t23?,24?,25?,27?,28?,29?,30?,31?,32-,33-;/m1./s1. The Hall–Kier alpha value is 0.190. The van der Waals surface area contributed by atoms with Crippen molar-refractivity contribution in [1.82, 2.24) is 31.1 Å². The van der Waals surface area contributed by atoms with Gasteiger partial charge >= 0.3 is 0 Å². The van der Waals surface area contributed by atoms with E-state index in [1.54, 1.807) is 0 Å². The lowest BCUT2D eigenvalue weighted by molar-refractivity contribution is 0.0449. The van der Waals surface area contributed by atoms with Crippen LogP contribution >= 0.6 is 7.92 Å². The second-order valence-electron chi connectivity index (χ2n) is 15.0. The number of likely N-dealkylation sites (tertiary alicyclic amines) is 2. The van der Waals surface area contributed by atoms with Crippen LogP contribution in [0.2, 0.25) is 0 Å². The van der Waals surface area contributed by atoms with Crippen molar-refractivity contribution in [1.29, 1.82) is 0 Å². The Labute approximate surface area is 262 Å². The van der Waals surface area contributed by atoms with Gasteiger partial charge in [0.1, 0.15) is 6.29 Å². The first-order valence-corrected chi connectivity index (χ1v) is 20.7. The van der Waals surface area contributed by atoms with E-state index < -0.39 is 0 Å². The van der Waals surface area contributed by atoms with E-state index in [1.165, 1.54) is 77.2 Å². The van der Waals surface area contributed by atoms with E-state index in [-0.39, 0.29) is 14.2 Å². The van der Waals surface area contributed by atoms with Gasteiger partial charge in [-0.1, -0.05) is 67.7 Å². The highest BCUT2D eigenvalue weighted by Gasteiger charge is 2.57. The van der Waals surface area contributed by atoms with Gasteiger partial charge in [0.15, 0.2) is 0 Å². The highest BCUT2D eigenvalue weighted by Crippen LogP contribution is 2.58. The first-order valence-electron chi connectivity index (χ1n) is 18.4. The predicted molar refractivity (Wildman–Crippen MR) is 184 cm³/mol. The van der Waals surface area contributed by atoms with Gasteiger partial charge in [-0.05, 0) is 88.1 Å². The van der Waals surface area contributed by atoms with Crippen molar-refractivity contribution in [2.24, 2.45) is 16.7 Å². The van der Waals surface area contributed by atoms with Crippen LogP contribution in [0.3, 0.4) is 0 Å². The van der Waals surface area contributed by atoms with Crippen molar-refractivity contribution in [2.75, 3.05) is 33.0 Å². The van der Waals surface area contributed by atoms with Crippen molar-refractivity contribution in [3.8, 4) is 0 Å². The van der Waals surface area contributed by atoms with E-state index >= 15 is 0 Å². The monoisotopic (exact) mass is 607 g/mol. The first kappa shape index (κ1) is 35.1. The van der Waals surface area contributed by atoms with Gasteiger partial charge in [-0.25, -0.2) is 0 Å². The molecule has 8 unspecified atom stereocenters. The zero-order chi connectivity index (χ0) is 30.7. The highest BCUT2D eigenvalue weighted by molar-refractivity contribution is 7.56.